The third-order valence-electron chi connectivity index (χ3n) is 6.52. The Morgan fingerprint density at radius 1 is 0.971 bits per heavy atom. The normalized spacial score (nSPS) is 14.1. The van der Waals surface area contributed by atoms with Crippen LogP contribution in [0, 0.1) is 13.8 Å². The lowest BCUT2D eigenvalue weighted by molar-refractivity contribution is 0.0129. The molecule has 0 radical (unpaired) electrons. The fraction of sp³-hybridized carbons (Fsp3) is 0.321. The van der Waals surface area contributed by atoms with Crippen molar-refractivity contribution in [2.24, 2.45) is 0 Å². The average Bonchev–Trinajstić information content (AvgIpc) is 3.15. The minimum absolute atomic E-state index is 0.00779. The highest BCUT2D eigenvalue weighted by atomic mass is 16.5. The lowest BCUT2D eigenvalue weighted by Crippen LogP contribution is -2.31. The summed E-state index contributed by atoms with van der Waals surface area (Å²) in [7, 11) is 1.59. The molecule has 34 heavy (non-hydrogen) atoms. The van der Waals surface area contributed by atoms with Crippen LogP contribution in [-0.4, -0.2) is 42.7 Å². The maximum Gasteiger partial charge on any atom is 0.407 e. The van der Waals surface area contributed by atoms with Gasteiger partial charge in [-0.15, -0.1) is 0 Å². The molecule has 2 atom stereocenters. The summed E-state index contributed by atoms with van der Waals surface area (Å²) in [5, 5.41) is 23.9. The van der Waals surface area contributed by atoms with Crippen LogP contribution in [0.3, 0.4) is 0 Å². The molecule has 0 aromatic heterocycles. The summed E-state index contributed by atoms with van der Waals surface area (Å²) in [5.74, 6) is 0.698. The largest absolute Gasteiger partial charge is 0.497 e. The molecular formula is C28H31NO5. The van der Waals surface area contributed by atoms with Crippen molar-refractivity contribution in [3.63, 3.8) is 0 Å². The average molecular weight is 462 g/mol. The van der Waals surface area contributed by atoms with Gasteiger partial charge in [-0.05, 0) is 71.3 Å². The van der Waals surface area contributed by atoms with Crippen molar-refractivity contribution in [2.45, 2.75) is 38.4 Å². The van der Waals surface area contributed by atoms with Gasteiger partial charge in [0.25, 0.3) is 0 Å². The van der Waals surface area contributed by atoms with Crippen LogP contribution in [-0.2, 0) is 4.74 Å². The number of benzene rings is 3. The maximum absolute atomic E-state index is 12.3. The van der Waals surface area contributed by atoms with Gasteiger partial charge >= 0.3 is 6.09 Å². The fourth-order valence-corrected chi connectivity index (χ4v) is 4.84. The van der Waals surface area contributed by atoms with E-state index in [2.05, 4.69) is 29.6 Å². The Hall–Kier alpha value is -3.35. The molecule has 6 heteroatoms. The Labute approximate surface area is 200 Å². The molecule has 0 fully saturated rings. The second-order valence-corrected chi connectivity index (χ2v) is 8.73. The van der Waals surface area contributed by atoms with Crippen LogP contribution in [0.1, 0.15) is 46.3 Å². The highest BCUT2D eigenvalue weighted by Crippen LogP contribution is 2.44. The van der Waals surface area contributed by atoms with Crippen LogP contribution in [0.5, 0.6) is 5.75 Å². The van der Waals surface area contributed by atoms with Gasteiger partial charge in [-0.1, -0.05) is 48.5 Å². The Bertz CT molecular complexity index is 1110. The number of hydrogen-bond donors (Lipinski definition) is 3. The Morgan fingerprint density at radius 2 is 1.53 bits per heavy atom. The van der Waals surface area contributed by atoms with Crippen LogP contribution in [0.2, 0.25) is 0 Å². The standard InChI is InChI=1S/C28H31NO5/c1-17-14-19(33-3)15-18(2)26(17)27(31)25(30)12-13-29-28(32)34-16-24-22-10-6-4-8-20(22)21-9-5-7-11-23(21)24/h4-11,14-15,24-25,27,30-31H,12-13,16H2,1-3H3,(H,29,32). The van der Waals surface area contributed by atoms with Crippen molar-refractivity contribution in [1.29, 1.82) is 0 Å². The number of aliphatic hydroxyl groups excluding tert-OH is 2. The smallest absolute Gasteiger partial charge is 0.407 e. The zero-order chi connectivity index (χ0) is 24.2. The summed E-state index contributed by atoms with van der Waals surface area (Å²) in [6.07, 6.45) is -2.44. The van der Waals surface area contributed by atoms with Crippen molar-refractivity contribution < 1.29 is 24.5 Å². The quantitative estimate of drug-likeness (QED) is 0.455. The molecule has 0 heterocycles. The van der Waals surface area contributed by atoms with Crippen LogP contribution < -0.4 is 10.1 Å². The number of carbonyl (C=O) groups excluding carboxylic acids is 1. The predicted molar refractivity (Wildman–Crippen MR) is 131 cm³/mol. The van der Waals surface area contributed by atoms with Gasteiger partial charge in [0, 0.05) is 12.5 Å². The predicted octanol–water partition coefficient (Wildman–Crippen LogP) is 4.64. The molecule has 6 nitrogen and oxygen atoms in total. The van der Waals surface area contributed by atoms with E-state index in [1.54, 1.807) is 7.11 Å². The summed E-state index contributed by atoms with van der Waals surface area (Å²) in [6, 6.07) is 20.0. The van der Waals surface area contributed by atoms with E-state index in [1.165, 1.54) is 11.1 Å². The Morgan fingerprint density at radius 3 is 2.09 bits per heavy atom. The van der Waals surface area contributed by atoms with Gasteiger partial charge < -0.3 is 25.0 Å². The third-order valence-corrected chi connectivity index (χ3v) is 6.52. The number of rotatable bonds is 8. The molecule has 4 rings (SSSR count). The van der Waals surface area contributed by atoms with Crippen LogP contribution >= 0.6 is 0 Å². The number of amides is 1. The van der Waals surface area contributed by atoms with Crippen molar-refractivity contribution in [2.75, 3.05) is 20.3 Å². The van der Waals surface area contributed by atoms with Crippen molar-refractivity contribution >= 4 is 6.09 Å². The lowest BCUT2D eigenvalue weighted by Gasteiger charge is -2.22. The summed E-state index contributed by atoms with van der Waals surface area (Å²) in [4.78, 5) is 12.3. The second-order valence-electron chi connectivity index (χ2n) is 8.73. The minimum atomic E-state index is -1.06. The van der Waals surface area contributed by atoms with Crippen LogP contribution in [0.25, 0.3) is 11.1 Å². The molecule has 3 aromatic carbocycles. The Balaban J connectivity index is 1.30. The van der Waals surface area contributed by atoms with E-state index in [4.69, 9.17) is 9.47 Å². The van der Waals surface area contributed by atoms with E-state index in [1.807, 2.05) is 50.2 Å². The first-order chi connectivity index (χ1) is 16.4. The highest BCUT2D eigenvalue weighted by molar-refractivity contribution is 5.79. The van der Waals surface area contributed by atoms with E-state index in [9.17, 15) is 15.0 Å². The topological polar surface area (TPSA) is 88.0 Å². The number of hydrogen-bond acceptors (Lipinski definition) is 5. The number of fused-ring (bicyclic) bond motifs is 3. The van der Waals surface area contributed by atoms with Gasteiger partial charge in [0.1, 0.15) is 18.5 Å². The van der Waals surface area contributed by atoms with E-state index in [-0.39, 0.29) is 25.5 Å². The molecular weight excluding hydrogens is 430 g/mol. The number of carbonyl (C=O) groups is 1. The van der Waals surface area contributed by atoms with Gasteiger partial charge in [-0.25, -0.2) is 4.79 Å². The van der Waals surface area contributed by atoms with Crippen LogP contribution in [0.4, 0.5) is 4.79 Å². The number of nitrogens with one attached hydrogen (secondary N) is 1. The first-order valence-corrected chi connectivity index (χ1v) is 11.5. The summed E-state index contributed by atoms with van der Waals surface area (Å²) in [6.45, 7) is 4.16. The zero-order valence-electron chi connectivity index (χ0n) is 19.7. The van der Waals surface area contributed by atoms with Gasteiger partial charge in [0.2, 0.25) is 0 Å². The molecule has 0 saturated carbocycles. The minimum Gasteiger partial charge on any atom is -0.497 e. The number of alkyl carbamates (subject to hydrolysis) is 1. The van der Waals surface area contributed by atoms with E-state index >= 15 is 0 Å². The molecule has 1 aliphatic carbocycles. The van der Waals surface area contributed by atoms with Gasteiger partial charge in [0.15, 0.2) is 0 Å². The molecule has 3 aromatic rings. The number of aliphatic hydroxyl groups is 2. The summed E-state index contributed by atoms with van der Waals surface area (Å²) < 4.78 is 10.8. The zero-order valence-corrected chi connectivity index (χ0v) is 19.7. The molecule has 0 saturated heterocycles. The van der Waals surface area contributed by atoms with Gasteiger partial charge in [0.05, 0.1) is 13.2 Å². The molecule has 0 bridgehead atoms. The molecule has 0 spiro atoms. The van der Waals surface area contributed by atoms with Crippen LogP contribution in [0.15, 0.2) is 60.7 Å². The number of ether oxygens (including phenoxy) is 2. The fourth-order valence-electron chi connectivity index (χ4n) is 4.84. The van der Waals surface area contributed by atoms with Crippen molar-refractivity contribution in [3.8, 4) is 16.9 Å². The molecule has 1 aliphatic rings. The van der Waals surface area contributed by atoms with E-state index < -0.39 is 18.3 Å². The first kappa shape index (κ1) is 23.8. The van der Waals surface area contributed by atoms with E-state index in [0.717, 1.165) is 22.3 Å². The Kier molecular flexibility index (Phi) is 7.20. The molecule has 2 unspecified atom stereocenters. The maximum atomic E-state index is 12.3. The lowest BCUT2D eigenvalue weighted by atomic mass is 9.93. The van der Waals surface area contributed by atoms with Gasteiger partial charge in [-0.3, -0.25) is 0 Å². The first-order valence-electron chi connectivity index (χ1n) is 11.5. The number of methoxy groups -OCH3 is 1. The monoisotopic (exact) mass is 461 g/mol. The number of aryl methyl sites for hydroxylation is 2. The van der Waals surface area contributed by atoms with E-state index in [0.29, 0.717) is 11.3 Å². The molecule has 0 aliphatic heterocycles. The van der Waals surface area contributed by atoms with Gasteiger partial charge in [-0.2, -0.15) is 0 Å². The molecule has 3 N–H and O–H groups in total. The molecule has 178 valence electrons. The SMILES string of the molecule is COc1cc(C)c(C(O)C(O)CCNC(=O)OCC2c3ccccc3-c3ccccc32)c(C)c1. The van der Waals surface area contributed by atoms with Crippen molar-refractivity contribution in [1.82, 2.24) is 5.32 Å². The second kappa shape index (κ2) is 10.3. The summed E-state index contributed by atoms with van der Waals surface area (Å²) in [5.41, 5.74) is 7.01. The van der Waals surface area contributed by atoms with Crippen molar-refractivity contribution in [3.05, 3.63) is 88.5 Å². The highest BCUT2D eigenvalue weighted by Gasteiger charge is 2.29. The third kappa shape index (κ3) is 4.79. The molecule has 1 amide bonds. The summed E-state index contributed by atoms with van der Waals surface area (Å²) >= 11 is 0.